The van der Waals surface area contributed by atoms with Crippen molar-refractivity contribution in [3.63, 3.8) is 0 Å². The second kappa shape index (κ2) is 6.40. The number of hydrogen-bond donors (Lipinski definition) is 1. The Labute approximate surface area is 136 Å². The van der Waals surface area contributed by atoms with E-state index in [2.05, 4.69) is 33.7 Å². The van der Waals surface area contributed by atoms with E-state index < -0.39 is 0 Å². The molecule has 1 N–H and O–H groups in total. The summed E-state index contributed by atoms with van der Waals surface area (Å²) < 4.78 is 2.09. The van der Waals surface area contributed by atoms with Crippen molar-refractivity contribution in [3.8, 4) is 0 Å². The standard InChI is InChI=1S/C17H23N5O/c1-12(2)15(16-13(3)5-4-6-19-16)20-17(23)21-7-8-22-11-18-9-14(22)10-21/h4-6,9,11-12,15H,7-8,10H2,1-3H3,(H,20,23). The Bertz CT molecular complexity index is 694. The molecule has 3 heterocycles. The fourth-order valence-electron chi connectivity index (χ4n) is 2.96. The van der Waals surface area contributed by atoms with Gasteiger partial charge in [-0.05, 0) is 24.5 Å². The fraction of sp³-hybridized carbons (Fsp3) is 0.471. The van der Waals surface area contributed by atoms with E-state index in [9.17, 15) is 4.79 Å². The summed E-state index contributed by atoms with van der Waals surface area (Å²) in [5.41, 5.74) is 3.11. The molecule has 0 fully saturated rings. The van der Waals surface area contributed by atoms with Crippen LogP contribution in [-0.2, 0) is 13.1 Å². The molecule has 122 valence electrons. The van der Waals surface area contributed by atoms with Gasteiger partial charge in [0.15, 0.2) is 0 Å². The highest BCUT2D eigenvalue weighted by molar-refractivity contribution is 5.74. The topological polar surface area (TPSA) is 63.1 Å². The molecule has 23 heavy (non-hydrogen) atoms. The number of rotatable bonds is 3. The maximum atomic E-state index is 12.7. The number of nitrogens with zero attached hydrogens (tertiary/aromatic N) is 4. The van der Waals surface area contributed by atoms with Gasteiger partial charge in [0, 0.05) is 25.5 Å². The maximum absolute atomic E-state index is 12.7. The van der Waals surface area contributed by atoms with E-state index in [0.29, 0.717) is 13.1 Å². The molecule has 0 radical (unpaired) electrons. The molecule has 2 aromatic rings. The first-order valence-electron chi connectivity index (χ1n) is 8.02. The highest BCUT2D eigenvalue weighted by Gasteiger charge is 2.26. The Hall–Kier alpha value is -2.37. The zero-order valence-corrected chi connectivity index (χ0v) is 13.9. The van der Waals surface area contributed by atoms with Crippen molar-refractivity contribution in [2.24, 2.45) is 5.92 Å². The Balaban J connectivity index is 1.74. The Morgan fingerprint density at radius 1 is 1.35 bits per heavy atom. The average molecular weight is 313 g/mol. The predicted octanol–water partition coefficient (Wildman–Crippen LogP) is 2.51. The number of imidazole rings is 1. The first-order valence-corrected chi connectivity index (χ1v) is 8.02. The van der Waals surface area contributed by atoms with E-state index in [-0.39, 0.29) is 18.0 Å². The summed E-state index contributed by atoms with van der Waals surface area (Å²) in [5.74, 6) is 0.267. The Morgan fingerprint density at radius 3 is 2.91 bits per heavy atom. The van der Waals surface area contributed by atoms with Gasteiger partial charge in [0.05, 0.1) is 30.3 Å². The van der Waals surface area contributed by atoms with Gasteiger partial charge in [0.25, 0.3) is 0 Å². The molecule has 2 aromatic heterocycles. The van der Waals surface area contributed by atoms with Crippen LogP contribution in [0.1, 0.15) is 36.8 Å². The molecule has 1 unspecified atom stereocenters. The Morgan fingerprint density at radius 2 is 2.17 bits per heavy atom. The van der Waals surface area contributed by atoms with Crippen LogP contribution in [0.25, 0.3) is 0 Å². The van der Waals surface area contributed by atoms with Gasteiger partial charge in [-0.25, -0.2) is 9.78 Å². The van der Waals surface area contributed by atoms with Crippen LogP contribution in [0.2, 0.25) is 0 Å². The summed E-state index contributed by atoms with van der Waals surface area (Å²) in [4.78, 5) is 23.1. The number of nitrogens with one attached hydrogen (secondary N) is 1. The van der Waals surface area contributed by atoms with Gasteiger partial charge < -0.3 is 14.8 Å². The zero-order chi connectivity index (χ0) is 16.4. The third kappa shape index (κ3) is 3.21. The number of carbonyl (C=O) groups excluding carboxylic acids is 1. The molecular formula is C17H23N5O. The largest absolute Gasteiger partial charge is 0.331 e. The Kier molecular flexibility index (Phi) is 4.32. The first kappa shape index (κ1) is 15.5. The average Bonchev–Trinajstić information content (AvgIpc) is 3.00. The molecular weight excluding hydrogens is 290 g/mol. The van der Waals surface area contributed by atoms with Crippen molar-refractivity contribution >= 4 is 6.03 Å². The molecule has 6 heteroatoms. The van der Waals surface area contributed by atoms with Crippen molar-refractivity contribution < 1.29 is 4.79 Å². The predicted molar refractivity (Wildman–Crippen MR) is 87.7 cm³/mol. The molecule has 0 aromatic carbocycles. The highest BCUT2D eigenvalue weighted by Crippen LogP contribution is 2.23. The van der Waals surface area contributed by atoms with Gasteiger partial charge in [-0.3, -0.25) is 4.98 Å². The third-order valence-corrected chi connectivity index (χ3v) is 4.34. The number of amides is 2. The summed E-state index contributed by atoms with van der Waals surface area (Å²) in [6.45, 7) is 8.31. The minimum atomic E-state index is -0.0875. The normalized spacial score (nSPS) is 15.4. The molecule has 2 amide bonds. The van der Waals surface area contributed by atoms with E-state index in [4.69, 9.17) is 0 Å². The lowest BCUT2D eigenvalue weighted by molar-refractivity contribution is 0.176. The minimum Gasteiger partial charge on any atom is -0.331 e. The molecule has 1 aliphatic rings. The van der Waals surface area contributed by atoms with Gasteiger partial charge in [0.1, 0.15) is 0 Å². The molecule has 0 aliphatic carbocycles. The molecule has 0 saturated carbocycles. The van der Waals surface area contributed by atoms with Crippen LogP contribution in [0.4, 0.5) is 4.79 Å². The lowest BCUT2D eigenvalue weighted by atomic mass is 9.97. The van der Waals surface area contributed by atoms with Crippen molar-refractivity contribution in [3.05, 3.63) is 47.8 Å². The lowest BCUT2D eigenvalue weighted by Gasteiger charge is -2.31. The monoisotopic (exact) mass is 313 g/mol. The molecule has 0 saturated heterocycles. The number of aryl methyl sites for hydroxylation is 1. The number of pyridine rings is 1. The molecule has 1 aliphatic heterocycles. The van der Waals surface area contributed by atoms with Gasteiger partial charge in [0.2, 0.25) is 0 Å². The van der Waals surface area contributed by atoms with Gasteiger partial charge in [-0.15, -0.1) is 0 Å². The van der Waals surface area contributed by atoms with Crippen molar-refractivity contribution in [2.75, 3.05) is 6.54 Å². The van der Waals surface area contributed by atoms with Gasteiger partial charge >= 0.3 is 6.03 Å². The van der Waals surface area contributed by atoms with Gasteiger partial charge in [-0.1, -0.05) is 19.9 Å². The number of urea groups is 1. The van der Waals surface area contributed by atoms with Crippen molar-refractivity contribution in [2.45, 2.75) is 39.9 Å². The van der Waals surface area contributed by atoms with Crippen LogP contribution in [0, 0.1) is 12.8 Å². The summed E-state index contributed by atoms with van der Waals surface area (Å²) in [6, 6.07) is 3.82. The first-order chi connectivity index (χ1) is 11.1. The van der Waals surface area contributed by atoms with Crippen LogP contribution in [0.15, 0.2) is 30.9 Å². The van der Waals surface area contributed by atoms with Crippen molar-refractivity contribution in [1.29, 1.82) is 0 Å². The number of carbonyl (C=O) groups is 1. The summed E-state index contributed by atoms with van der Waals surface area (Å²) in [5, 5.41) is 3.16. The maximum Gasteiger partial charge on any atom is 0.318 e. The minimum absolute atomic E-state index is 0.0406. The van der Waals surface area contributed by atoms with Crippen LogP contribution in [0.3, 0.4) is 0 Å². The van der Waals surface area contributed by atoms with E-state index in [1.165, 1.54) is 0 Å². The molecule has 0 bridgehead atoms. The summed E-state index contributed by atoms with van der Waals surface area (Å²) in [7, 11) is 0. The quantitative estimate of drug-likeness (QED) is 0.947. The number of aromatic nitrogens is 3. The van der Waals surface area contributed by atoms with Crippen LogP contribution in [0.5, 0.6) is 0 Å². The summed E-state index contributed by atoms with van der Waals surface area (Å²) >= 11 is 0. The van der Waals surface area contributed by atoms with E-state index in [1.54, 1.807) is 6.20 Å². The smallest absolute Gasteiger partial charge is 0.318 e. The van der Waals surface area contributed by atoms with E-state index >= 15 is 0 Å². The van der Waals surface area contributed by atoms with Gasteiger partial charge in [-0.2, -0.15) is 0 Å². The van der Waals surface area contributed by atoms with E-state index in [0.717, 1.165) is 23.5 Å². The second-order valence-corrected chi connectivity index (χ2v) is 6.38. The van der Waals surface area contributed by atoms with Crippen LogP contribution < -0.4 is 5.32 Å². The zero-order valence-electron chi connectivity index (χ0n) is 13.9. The third-order valence-electron chi connectivity index (χ3n) is 4.34. The fourth-order valence-corrected chi connectivity index (χ4v) is 2.96. The summed E-state index contributed by atoms with van der Waals surface area (Å²) in [6.07, 6.45) is 5.42. The van der Waals surface area contributed by atoms with Crippen LogP contribution >= 0.6 is 0 Å². The molecule has 1 atom stereocenters. The molecule has 0 spiro atoms. The lowest BCUT2D eigenvalue weighted by Crippen LogP contribution is -2.46. The molecule has 3 rings (SSSR count). The highest BCUT2D eigenvalue weighted by atomic mass is 16.2. The number of fused-ring (bicyclic) bond motifs is 1. The second-order valence-electron chi connectivity index (χ2n) is 6.38. The van der Waals surface area contributed by atoms with Crippen molar-refractivity contribution in [1.82, 2.24) is 24.8 Å². The van der Waals surface area contributed by atoms with Crippen LogP contribution in [-0.4, -0.2) is 32.0 Å². The molecule has 6 nitrogen and oxygen atoms in total. The number of hydrogen-bond acceptors (Lipinski definition) is 3. The van der Waals surface area contributed by atoms with E-state index in [1.807, 2.05) is 36.5 Å². The SMILES string of the molecule is Cc1cccnc1C(NC(=O)N1CCn2cncc2C1)C(C)C.